The minimum atomic E-state index is -0.463. The van der Waals surface area contributed by atoms with Gasteiger partial charge >= 0.3 is 5.97 Å². The Morgan fingerprint density at radius 2 is 2.00 bits per heavy atom. The minimum Gasteiger partial charge on any atom is -0.468 e. The van der Waals surface area contributed by atoms with Crippen LogP contribution >= 0.6 is 0 Å². The smallest absolute Gasteiger partial charge is 0.325 e. The van der Waals surface area contributed by atoms with Gasteiger partial charge < -0.3 is 19.5 Å². The van der Waals surface area contributed by atoms with Crippen LogP contribution in [0.25, 0.3) is 10.9 Å². The molecule has 7 nitrogen and oxygen atoms in total. The Labute approximate surface area is 145 Å². The van der Waals surface area contributed by atoms with Gasteiger partial charge in [-0.25, -0.2) is 0 Å². The van der Waals surface area contributed by atoms with Crippen LogP contribution in [0.2, 0.25) is 0 Å². The van der Waals surface area contributed by atoms with E-state index in [2.05, 4.69) is 9.72 Å². The summed E-state index contributed by atoms with van der Waals surface area (Å²) in [5.41, 5.74) is 3.42. The van der Waals surface area contributed by atoms with E-state index in [1.807, 2.05) is 32.0 Å². The average Bonchev–Trinajstić information content (AvgIpc) is 2.92. The molecule has 0 aliphatic carbocycles. The molecule has 1 aromatic carbocycles. The predicted molar refractivity (Wildman–Crippen MR) is 92.3 cm³/mol. The van der Waals surface area contributed by atoms with Gasteiger partial charge in [0.25, 0.3) is 5.91 Å². The number of ether oxygens (including phenoxy) is 1. The van der Waals surface area contributed by atoms with Crippen LogP contribution in [0.4, 0.5) is 0 Å². The van der Waals surface area contributed by atoms with Crippen LogP contribution in [-0.2, 0) is 14.3 Å². The number of carbonyl (C=O) groups is 3. The number of methoxy groups -OCH3 is 1. The van der Waals surface area contributed by atoms with Crippen LogP contribution in [0, 0.1) is 13.8 Å². The van der Waals surface area contributed by atoms with Crippen molar-refractivity contribution < 1.29 is 19.1 Å². The molecule has 0 radical (unpaired) electrons. The summed E-state index contributed by atoms with van der Waals surface area (Å²) >= 11 is 0. The highest BCUT2D eigenvalue weighted by molar-refractivity contribution is 6.02. The van der Waals surface area contributed by atoms with Crippen LogP contribution < -0.4 is 0 Å². The summed E-state index contributed by atoms with van der Waals surface area (Å²) in [6.07, 6.45) is 0. The highest BCUT2D eigenvalue weighted by Crippen LogP contribution is 2.24. The number of carbonyl (C=O) groups excluding carboxylic acids is 3. The van der Waals surface area contributed by atoms with Gasteiger partial charge in [-0.1, -0.05) is 11.6 Å². The second-order valence-electron chi connectivity index (χ2n) is 6.29. The summed E-state index contributed by atoms with van der Waals surface area (Å²) in [5.74, 6) is -0.915. The van der Waals surface area contributed by atoms with Gasteiger partial charge in [-0.3, -0.25) is 14.4 Å². The van der Waals surface area contributed by atoms with Gasteiger partial charge in [-0.15, -0.1) is 0 Å². The summed E-state index contributed by atoms with van der Waals surface area (Å²) in [4.78, 5) is 42.5. The Kier molecular flexibility index (Phi) is 4.48. The number of aromatic nitrogens is 1. The third-order valence-electron chi connectivity index (χ3n) is 4.58. The van der Waals surface area contributed by atoms with Crippen molar-refractivity contribution in [1.29, 1.82) is 0 Å². The number of benzene rings is 1. The molecular weight excluding hydrogens is 322 g/mol. The van der Waals surface area contributed by atoms with E-state index in [0.29, 0.717) is 18.8 Å². The van der Waals surface area contributed by atoms with E-state index in [0.717, 1.165) is 22.0 Å². The van der Waals surface area contributed by atoms with Gasteiger partial charge in [0.15, 0.2) is 0 Å². The lowest BCUT2D eigenvalue weighted by atomic mass is 10.1. The highest BCUT2D eigenvalue weighted by Gasteiger charge is 2.30. The van der Waals surface area contributed by atoms with Crippen molar-refractivity contribution in [1.82, 2.24) is 14.8 Å². The van der Waals surface area contributed by atoms with E-state index in [9.17, 15) is 14.4 Å². The normalized spacial score (nSPS) is 14.9. The van der Waals surface area contributed by atoms with Crippen molar-refractivity contribution >= 4 is 28.7 Å². The maximum absolute atomic E-state index is 12.8. The predicted octanol–water partition coefficient (Wildman–Crippen LogP) is 1.24. The monoisotopic (exact) mass is 343 g/mol. The summed E-state index contributed by atoms with van der Waals surface area (Å²) in [5, 5.41) is 1.01. The molecule has 2 heterocycles. The molecule has 1 N–H and O–H groups in total. The van der Waals surface area contributed by atoms with E-state index >= 15 is 0 Å². The van der Waals surface area contributed by atoms with Crippen LogP contribution in [-0.4, -0.2) is 65.9 Å². The zero-order valence-electron chi connectivity index (χ0n) is 14.6. The number of aryl methyl sites for hydroxylation is 2. The molecule has 2 amide bonds. The van der Waals surface area contributed by atoms with Crippen molar-refractivity contribution in [3.63, 3.8) is 0 Å². The average molecular weight is 343 g/mol. The van der Waals surface area contributed by atoms with Crippen molar-refractivity contribution in [2.45, 2.75) is 13.8 Å². The fraction of sp³-hybridized carbons (Fsp3) is 0.389. The minimum absolute atomic E-state index is 0.0380. The molecule has 1 aliphatic heterocycles. The topological polar surface area (TPSA) is 82.7 Å². The van der Waals surface area contributed by atoms with Crippen molar-refractivity contribution in [2.75, 3.05) is 33.3 Å². The number of nitrogens with zero attached hydrogens (tertiary/aromatic N) is 2. The van der Waals surface area contributed by atoms with Gasteiger partial charge in [0.2, 0.25) is 5.91 Å². The van der Waals surface area contributed by atoms with Gasteiger partial charge in [0.05, 0.1) is 7.11 Å². The van der Waals surface area contributed by atoms with E-state index in [4.69, 9.17) is 0 Å². The van der Waals surface area contributed by atoms with E-state index < -0.39 is 5.97 Å². The Balaban J connectivity index is 1.77. The molecule has 0 saturated carbocycles. The molecule has 1 aliphatic rings. The number of hydrogen-bond donors (Lipinski definition) is 1. The van der Waals surface area contributed by atoms with Crippen molar-refractivity contribution in [3.8, 4) is 0 Å². The summed E-state index contributed by atoms with van der Waals surface area (Å²) in [7, 11) is 1.28. The first-order valence-electron chi connectivity index (χ1n) is 8.13. The van der Waals surface area contributed by atoms with Gasteiger partial charge in [-0.2, -0.15) is 0 Å². The van der Waals surface area contributed by atoms with Crippen LogP contribution in [0.1, 0.15) is 21.6 Å². The molecule has 3 rings (SSSR count). The number of rotatable bonds is 3. The van der Waals surface area contributed by atoms with E-state index in [1.54, 1.807) is 0 Å². The Morgan fingerprint density at radius 1 is 1.24 bits per heavy atom. The highest BCUT2D eigenvalue weighted by atomic mass is 16.5. The summed E-state index contributed by atoms with van der Waals surface area (Å²) in [6, 6.07) is 5.98. The molecule has 2 aromatic rings. The van der Waals surface area contributed by atoms with Gasteiger partial charge in [0.1, 0.15) is 18.8 Å². The standard InChI is InChI=1S/C18H21N3O4/c1-11-4-5-14-13(8-11)12(2)17(19-14)18(24)21-7-6-20(15(22)9-21)10-16(23)25-3/h4-5,8,19H,6-7,9-10H2,1-3H3. The molecule has 0 spiro atoms. The third-order valence-corrected chi connectivity index (χ3v) is 4.58. The molecule has 0 unspecified atom stereocenters. The first-order chi connectivity index (χ1) is 11.9. The first-order valence-corrected chi connectivity index (χ1v) is 8.13. The zero-order chi connectivity index (χ0) is 18.1. The molecule has 7 heteroatoms. The molecule has 0 atom stereocenters. The second kappa shape index (κ2) is 6.58. The number of esters is 1. The first kappa shape index (κ1) is 17.0. The molecule has 1 aromatic heterocycles. The van der Waals surface area contributed by atoms with Gasteiger partial charge in [0, 0.05) is 24.0 Å². The number of fused-ring (bicyclic) bond motifs is 1. The number of aromatic amines is 1. The summed E-state index contributed by atoms with van der Waals surface area (Å²) < 4.78 is 4.59. The van der Waals surface area contributed by atoms with E-state index in [1.165, 1.54) is 16.9 Å². The zero-order valence-corrected chi connectivity index (χ0v) is 14.6. The van der Waals surface area contributed by atoms with Crippen molar-refractivity contribution in [3.05, 3.63) is 35.0 Å². The fourth-order valence-electron chi connectivity index (χ4n) is 3.08. The Morgan fingerprint density at radius 3 is 2.68 bits per heavy atom. The van der Waals surface area contributed by atoms with Crippen LogP contribution in [0.15, 0.2) is 18.2 Å². The summed E-state index contributed by atoms with van der Waals surface area (Å²) in [6.45, 7) is 4.49. The molecule has 1 saturated heterocycles. The lowest BCUT2D eigenvalue weighted by Gasteiger charge is -2.33. The lowest BCUT2D eigenvalue weighted by Crippen LogP contribution is -2.53. The molecule has 132 valence electrons. The second-order valence-corrected chi connectivity index (χ2v) is 6.29. The molecule has 0 bridgehead atoms. The third kappa shape index (κ3) is 3.22. The molecule has 1 fully saturated rings. The molecular formula is C18H21N3O4. The number of hydrogen-bond acceptors (Lipinski definition) is 4. The number of piperazine rings is 1. The van der Waals surface area contributed by atoms with Gasteiger partial charge in [-0.05, 0) is 31.5 Å². The fourth-order valence-corrected chi connectivity index (χ4v) is 3.08. The maximum Gasteiger partial charge on any atom is 0.325 e. The SMILES string of the molecule is COC(=O)CN1CCN(C(=O)c2[nH]c3ccc(C)cc3c2C)CC1=O. The van der Waals surface area contributed by atoms with Crippen LogP contribution in [0.5, 0.6) is 0 Å². The Bertz CT molecular complexity index is 855. The maximum atomic E-state index is 12.8. The largest absolute Gasteiger partial charge is 0.468 e. The lowest BCUT2D eigenvalue weighted by molar-refractivity contribution is -0.148. The number of nitrogens with one attached hydrogen (secondary N) is 1. The number of amides is 2. The van der Waals surface area contributed by atoms with Crippen LogP contribution in [0.3, 0.4) is 0 Å². The Hall–Kier alpha value is -2.83. The number of H-pyrrole nitrogens is 1. The quantitative estimate of drug-likeness (QED) is 0.850. The van der Waals surface area contributed by atoms with Crippen molar-refractivity contribution in [2.24, 2.45) is 0 Å². The van der Waals surface area contributed by atoms with E-state index in [-0.39, 0.29) is 24.9 Å². The molecule has 25 heavy (non-hydrogen) atoms.